The summed E-state index contributed by atoms with van der Waals surface area (Å²) >= 11 is 0. The predicted octanol–water partition coefficient (Wildman–Crippen LogP) is 4.87. The van der Waals surface area contributed by atoms with Gasteiger partial charge in [-0.1, -0.05) is 37.3 Å². The molecule has 9 heteroatoms. The van der Waals surface area contributed by atoms with Gasteiger partial charge in [-0.3, -0.25) is 14.7 Å². The van der Waals surface area contributed by atoms with Crippen molar-refractivity contribution in [2.24, 2.45) is 0 Å². The van der Waals surface area contributed by atoms with Crippen LogP contribution in [0.2, 0.25) is 0 Å². The fourth-order valence-electron chi connectivity index (χ4n) is 4.67. The summed E-state index contributed by atoms with van der Waals surface area (Å²) in [4.78, 5) is 30.7. The maximum absolute atomic E-state index is 13.1. The second kappa shape index (κ2) is 12.1. The quantitative estimate of drug-likeness (QED) is 0.316. The van der Waals surface area contributed by atoms with Crippen LogP contribution in [0.4, 0.5) is 11.5 Å². The third kappa shape index (κ3) is 5.98. The molecule has 0 unspecified atom stereocenters. The lowest BCUT2D eigenvalue weighted by Crippen LogP contribution is -2.44. The second-order valence-electron chi connectivity index (χ2n) is 9.47. The first-order chi connectivity index (χ1) is 18.0. The molecule has 8 nitrogen and oxygen atoms in total. The Morgan fingerprint density at radius 1 is 0.921 bits per heavy atom. The number of aromatic nitrogens is 2. The summed E-state index contributed by atoms with van der Waals surface area (Å²) in [6, 6.07) is 22.8. The molecule has 0 radical (unpaired) electrons. The normalized spacial score (nSPS) is 14.5. The number of amides is 2. The van der Waals surface area contributed by atoms with Crippen LogP contribution in [0.5, 0.6) is 0 Å². The number of H-pyrrole nitrogens is 1. The van der Waals surface area contributed by atoms with E-state index in [4.69, 9.17) is 0 Å². The number of fused-ring (bicyclic) bond motifs is 1. The van der Waals surface area contributed by atoms with E-state index in [1.165, 1.54) is 0 Å². The number of likely N-dealkylation sites (N-methyl/N-ethyl adjacent to an activating group) is 1. The van der Waals surface area contributed by atoms with Gasteiger partial charge in [0.25, 0.3) is 11.8 Å². The Kier molecular flexibility index (Phi) is 8.66. The van der Waals surface area contributed by atoms with Crippen LogP contribution in [-0.2, 0) is 0 Å². The van der Waals surface area contributed by atoms with Gasteiger partial charge in [-0.15, -0.1) is 12.4 Å². The average Bonchev–Trinajstić information content (AvgIpc) is 3.34. The van der Waals surface area contributed by atoms with Crippen LogP contribution in [-0.4, -0.2) is 60.1 Å². The molecule has 1 atom stereocenters. The van der Waals surface area contributed by atoms with Gasteiger partial charge in [0.1, 0.15) is 0 Å². The largest absolute Gasteiger partial charge is 0.369 e. The van der Waals surface area contributed by atoms with Crippen LogP contribution in [0, 0.1) is 0 Å². The Morgan fingerprint density at radius 2 is 1.61 bits per heavy atom. The fraction of sp³-hybridized carbons (Fsp3) is 0.276. The van der Waals surface area contributed by atoms with E-state index in [1.807, 2.05) is 61.5 Å². The molecule has 1 saturated heterocycles. The molecule has 1 aromatic heterocycles. The minimum absolute atomic E-state index is 0. The molecule has 3 N–H and O–H groups in total. The highest BCUT2D eigenvalue weighted by atomic mass is 35.5. The Bertz CT molecular complexity index is 1380. The van der Waals surface area contributed by atoms with Crippen molar-refractivity contribution < 1.29 is 9.59 Å². The number of anilines is 2. The van der Waals surface area contributed by atoms with E-state index in [0.717, 1.165) is 49.4 Å². The molecule has 0 spiro atoms. The lowest BCUT2D eigenvalue weighted by atomic mass is 10.0. The maximum Gasteiger partial charge on any atom is 0.256 e. The Hall–Kier alpha value is -3.88. The van der Waals surface area contributed by atoms with Gasteiger partial charge in [0, 0.05) is 48.4 Å². The van der Waals surface area contributed by atoms with Crippen molar-refractivity contribution in [1.82, 2.24) is 20.4 Å². The number of aromatic amines is 1. The van der Waals surface area contributed by atoms with Crippen molar-refractivity contribution in [2.75, 3.05) is 43.4 Å². The van der Waals surface area contributed by atoms with E-state index in [1.54, 1.807) is 18.2 Å². The van der Waals surface area contributed by atoms with Crippen molar-refractivity contribution in [3.05, 3.63) is 89.5 Å². The molecule has 2 heterocycles. The van der Waals surface area contributed by atoms with Gasteiger partial charge in [-0.25, -0.2) is 0 Å². The number of carbonyl (C=O) groups excluding carboxylic acids is 2. The Morgan fingerprint density at radius 3 is 2.29 bits per heavy atom. The number of piperazine rings is 1. The number of nitrogens with one attached hydrogen (secondary N) is 3. The molecule has 0 bridgehead atoms. The number of nitrogens with zero attached hydrogens (tertiary/aromatic N) is 3. The molecule has 1 aliphatic rings. The van der Waals surface area contributed by atoms with E-state index in [2.05, 4.69) is 37.7 Å². The summed E-state index contributed by atoms with van der Waals surface area (Å²) in [6.45, 7) is 6.05. The lowest BCUT2D eigenvalue weighted by Gasteiger charge is -2.34. The first kappa shape index (κ1) is 27.2. The molecule has 0 saturated carbocycles. The monoisotopic (exact) mass is 532 g/mol. The van der Waals surface area contributed by atoms with Crippen LogP contribution in [0.25, 0.3) is 10.9 Å². The van der Waals surface area contributed by atoms with Gasteiger partial charge < -0.3 is 20.4 Å². The average molecular weight is 533 g/mol. The number of benzene rings is 3. The zero-order valence-electron chi connectivity index (χ0n) is 21.6. The van der Waals surface area contributed by atoms with Crippen molar-refractivity contribution in [1.29, 1.82) is 0 Å². The van der Waals surface area contributed by atoms with Crippen LogP contribution >= 0.6 is 12.4 Å². The number of hydrogen-bond donors (Lipinski definition) is 3. The first-order valence-electron chi connectivity index (χ1n) is 12.7. The molecule has 0 aliphatic carbocycles. The van der Waals surface area contributed by atoms with Gasteiger partial charge >= 0.3 is 0 Å². The van der Waals surface area contributed by atoms with Gasteiger partial charge in [0.15, 0.2) is 5.82 Å². The molecule has 4 aromatic rings. The summed E-state index contributed by atoms with van der Waals surface area (Å²) in [5.74, 6) is -0.0215. The highest BCUT2D eigenvalue weighted by Crippen LogP contribution is 2.24. The number of carbonyl (C=O) groups is 2. The van der Waals surface area contributed by atoms with Gasteiger partial charge in [0.2, 0.25) is 0 Å². The highest BCUT2D eigenvalue weighted by Gasteiger charge is 2.18. The Labute approximate surface area is 228 Å². The number of halogens is 1. The van der Waals surface area contributed by atoms with E-state index >= 15 is 0 Å². The molecule has 2 amide bonds. The summed E-state index contributed by atoms with van der Waals surface area (Å²) in [5, 5.41) is 13.9. The van der Waals surface area contributed by atoms with Crippen molar-refractivity contribution in [3.63, 3.8) is 0 Å². The molecular formula is C29H33ClN6O2. The van der Waals surface area contributed by atoms with Crippen LogP contribution in [0.3, 0.4) is 0 Å². The molecular weight excluding hydrogens is 500 g/mol. The van der Waals surface area contributed by atoms with E-state index in [9.17, 15) is 9.59 Å². The number of rotatable bonds is 7. The van der Waals surface area contributed by atoms with Crippen LogP contribution in [0.15, 0.2) is 72.8 Å². The molecule has 5 rings (SSSR count). The molecule has 198 valence electrons. The molecule has 1 fully saturated rings. The molecule has 38 heavy (non-hydrogen) atoms. The van der Waals surface area contributed by atoms with Crippen molar-refractivity contribution in [3.8, 4) is 0 Å². The zero-order chi connectivity index (χ0) is 25.8. The summed E-state index contributed by atoms with van der Waals surface area (Å²) in [7, 11) is 2.13. The van der Waals surface area contributed by atoms with E-state index in [-0.39, 0.29) is 30.3 Å². The lowest BCUT2D eigenvalue weighted by molar-refractivity contribution is 0.0935. The fourth-order valence-corrected chi connectivity index (χ4v) is 4.67. The minimum Gasteiger partial charge on any atom is -0.369 e. The molecule has 1 aliphatic heterocycles. The second-order valence-corrected chi connectivity index (χ2v) is 9.47. The van der Waals surface area contributed by atoms with Crippen molar-refractivity contribution >= 4 is 46.6 Å². The molecule has 3 aromatic carbocycles. The maximum atomic E-state index is 13.1. The van der Waals surface area contributed by atoms with Gasteiger partial charge in [-0.2, -0.15) is 5.10 Å². The first-order valence-corrected chi connectivity index (χ1v) is 12.7. The van der Waals surface area contributed by atoms with E-state index in [0.29, 0.717) is 22.3 Å². The van der Waals surface area contributed by atoms with Gasteiger partial charge in [0.05, 0.1) is 11.6 Å². The minimum atomic E-state index is -0.247. The third-order valence-electron chi connectivity index (χ3n) is 6.97. The topological polar surface area (TPSA) is 93.4 Å². The third-order valence-corrected chi connectivity index (χ3v) is 6.97. The van der Waals surface area contributed by atoms with Crippen LogP contribution in [0.1, 0.15) is 45.7 Å². The van der Waals surface area contributed by atoms with Gasteiger partial charge in [-0.05, 0) is 61.5 Å². The van der Waals surface area contributed by atoms with Crippen molar-refractivity contribution in [2.45, 2.75) is 19.4 Å². The summed E-state index contributed by atoms with van der Waals surface area (Å²) in [5.41, 5.74) is 3.99. The smallest absolute Gasteiger partial charge is 0.256 e. The van der Waals surface area contributed by atoms with E-state index < -0.39 is 0 Å². The number of hydrogen-bond acceptors (Lipinski definition) is 5. The van der Waals surface area contributed by atoms with Crippen LogP contribution < -0.4 is 15.5 Å². The Balaban J connectivity index is 0.00000336. The zero-order valence-corrected chi connectivity index (χ0v) is 22.4. The highest BCUT2D eigenvalue weighted by molar-refractivity contribution is 6.09. The predicted molar refractivity (Wildman–Crippen MR) is 154 cm³/mol. The SMILES string of the molecule is CC[C@@H](NC(=O)c1ccc2[nH]nc(NC(=O)c3ccc(N4CCN(C)CC4)cc3)c2c1)c1ccccc1.Cl. The standard InChI is InChI=1S/C29H32N6O2.ClH/c1-3-25(20-7-5-4-6-8-20)30-29(37)22-11-14-26-24(19-22)27(33-32-26)31-28(36)21-9-12-23(13-10-21)35-17-15-34(2)16-18-35;/h4-14,19,25H,3,15-18H2,1-2H3,(H,30,37)(H2,31,32,33,36);1H/t25-;/m1./s1. The summed E-state index contributed by atoms with van der Waals surface area (Å²) < 4.78 is 0. The summed E-state index contributed by atoms with van der Waals surface area (Å²) in [6.07, 6.45) is 0.776.